The molecular weight excluding hydrogens is 272 g/mol. The van der Waals surface area contributed by atoms with Crippen molar-refractivity contribution < 1.29 is 14.6 Å². The highest BCUT2D eigenvalue weighted by Gasteiger charge is 2.23. The maximum absolute atomic E-state index is 10.5. The Hall–Kier alpha value is -1.76. The molecule has 1 N–H and O–H groups in total. The maximum Gasteiger partial charge on any atom is 0.329 e. The van der Waals surface area contributed by atoms with E-state index >= 15 is 0 Å². The van der Waals surface area contributed by atoms with E-state index in [-0.39, 0.29) is 12.7 Å². The number of piperidine rings is 1. The van der Waals surface area contributed by atoms with Crippen LogP contribution >= 0.6 is 0 Å². The fourth-order valence-electron chi connectivity index (χ4n) is 2.47. The summed E-state index contributed by atoms with van der Waals surface area (Å²) in [6.07, 6.45) is 3.27. The molecule has 1 saturated heterocycles. The SMILES string of the molecule is CCc1nnc(N2CCC(OCC(=O)O)CC2)nc1CC. The van der Waals surface area contributed by atoms with Crippen molar-refractivity contribution >= 4 is 11.9 Å². The Balaban J connectivity index is 1.94. The average molecular weight is 294 g/mol. The molecule has 116 valence electrons. The highest BCUT2D eigenvalue weighted by molar-refractivity contribution is 5.68. The lowest BCUT2D eigenvalue weighted by Gasteiger charge is -2.31. The van der Waals surface area contributed by atoms with Crippen molar-refractivity contribution in [3.05, 3.63) is 11.4 Å². The number of carboxylic acids is 1. The van der Waals surface area contributed by atoms with Gasteiger partial charge < -0.3 is 14.7 Å². The number of aromatic nitrogens is 3. The van der Waals surface area contributed by atoms with Gasteiger partial charge in [0.15, 0.2) is 0 Å². The third-order valence-electron chi connectivity index (χ3n) is 3.67. The topological polar surface area (TPSA) is 88.4 Å². The molecule has 1 aliphatic heterocycles. The van der Waals surface area contributed by atoms with Gasteiger partial charge in [0.25, 0.3) is 0 Å². The molecule has 0 aliphatic carbocycles. The molecule has 1 aromatic rings. The minimum Gasteiger partial charge on any atom is -0.480 e. The lowest BCUT2D eigenvalue weighted by molar-refractivity contribution is -0.144. The Kier molecular flexibility index (Phi) is 5.44. The summed E-state index contributed by atoms with van der Waals surface area (Å²) in [5, 5.41) is 17.1. The summed E-state index contributed by atoms with van der Waals surface area (Å²) >= 11 is 0. The first-order valence-electron chi connectivity index (χ1n) is 7.44. The number of hydrogen-bond donors (Lipinski definition) is 1. The van der Waals surface area contributed by atoms with Crippen molar-refractivity contribution in [3.8, 4) is 0 Å². The van der Waals surface area contributed by atoms with Gasteiger partial charge in [0.1, 0.15) is 6.61 Å². The van der Waals surface area contributed by atoms with Gasteiger partial charge in [0, 0.05) is 13.1 Å². The van der Waals surface area contributed by atoms with Crippen LogP contribution in [0.3, 0.4) is 0 Å². The largest absolute Gasteiger partial charge is 0.480 e. The van der Waals surface area contributed by atoms with E-state index in [2.05, 4.69) is 33.9 Å². The zero-order chi connectivity index (χ0) is 15.2. The molecule has 7 heteroatoms. The van der Waals surface area contributed by atoms with Gasteiger partial charge in [-0.15, -0.1) is 5.10 Å². The Labute approximate surface area is 124 Å². The number of nitrogens with zero attached hydrogens (tertiary/aromatic N) is 4. The minimum absolute atomic E-state index is 0.00543. The molecule has 0 atom stereocenters. The van der Waals surface area contributed by atoms with E-state index in [9.17, 15) is 4.79 Å². The summed E-state index contributed by atoms with van der Waals surface area (Å²) < 4.78 is 5.33. The Bertz CT molecular complexity index is 487. The molecule has 0 unspecified atom stereocenters. The average Bonchev–Trinajstić information content (AvgIpc) is 2.52. The predicted octanol–water partition coefficient (Wildman–Crippen LogP) is 1.07. The molecule has 0 radical (unpaired) electrons. The summed E-state index contributed by atoms with van der Waals surface area (Å²) in [6.45, 7) is 5.42. The second-order valence-electron chi connectivity index (χ2n) is 5.10. The van der Waals surface area contributed by atoms with Crippen molar-refractivity contribution in [2.45, 2.75) is 45.6 Å². The number of anilines is 1. The number of aryl methyl sites for hydroxylation is 2. The van der Waals surface area contributed by atoms with E-state index in [0.29, 0.717) is 5.95 Å². The van der Waals surface area contributed by atoms with Crippen LogP contribution in [0, 0.1) is 0 Å². The summed E-state index contributed by atoms with van der Waals surface area (Å²) in [6, 6.07) is 0. The lowest BCUT2D eigenvalue weighted by Crippen LogP contribution is -2.39. The fraction of sp³-hybridized carbons (Fsp3) is 0.714. The van der Waals surface area contributed by atoms with Crippen LogP contribution in [0.5, 0.6) is 0 Å². The van der Waals surface area contributed by atoms with Crippen LogP contribution in [0.2, 0.25) is 0 Å². The molecule has 0 saturated carbocycles. The second kappa shape index (κ2) is 7.31. The molecule has 7 nitrogen and oxygen atoms in total. The molecular formula is C14H22N4O3. The van der Waals surface area contributed by atoms with Gasteiger partial charge in [-0.05, 0) is 25.7 Å². The van der Waals surface area contributed by atoms with Crippen LogP contribution in [-0.4, -0.2) is 52.1 Å². The summed E-state index contributed by atoms with van der Waals surface area (Å²) in [5.74, 6) is -0.256. The number of aliphatic carboxylic acids is 1. The molecule has 1 fully saturated rings. The summed E-state index contributed by atoms with van der Waals surface area (Å²) in [4.78, 5) is 17.2. The van der Waals surface area contributed by atoms with Crippen molar-refractivity contribution in [3.63, 3.8) is 0 Å². The molecule has 2 heterocycles. The van der Waals surface area contributed by atoms with E-state index in [1.54, 1.807) is 0 Å². The molecule has 0 aromatic carbocycles. The number of carboxylic acid groups (broad SMARTS) is 1. The van der Waals surface area contributed by atoms with E-state index in [1.165, 1.54) is 0 Å². The van der Waals surface area contributed by atoms with Gasteiger partial charge in [-0.1, -0.05) is 13.8 Å². The third-order valence-corrected chi connectivity index (χ3v) is 3.67. The minimum atomic E-state index is -0.923. The van der Waals surface area contributed by atoms with Crippen LogP contribution in [0.25, 0.3) is 0 Å². The first-order chi connectivity index (χ1) is 10.1. The van der Waals surface area contributed by atoms with E-state index < -0.39 is 5.97 Å². The molecule has 0 spiro atoms. The van der Waals surface area contributed by atoms with Crippen molar-refractivity contribution in [1.29, 1.82) is 0 Å². The molecule has 0 amide bonds. The van der Waals surface area contributed by atoms with E-state index in [1.807, 2.05) is 0 Å². The lowest BCUT2D eigenvalue weighted by atomic mass is 10.1. The molecule has 1 aliphatic rings. The van der Waals surface area contributed by atoms with Crippen LogP contribution in [0.15, 0.2) is 0 Å². The summed E-state index contributed by atoms with van der Waals surface area (Å²) in [7, 11) is 0. The number of carbonyl (C=O) groups is 1. The van der Waals surface area contributed by atoms with Crippen LogP contribution in [0.1, 0.15) is 38.1 Å². The van der Waals surface area contributed by atoms with Crippen LogP contribution in [0.4, 0.5) is 5.95 Å². The van der Waals surface area contributed by atoms with Gasteiger partial charge in [-0.2, -0.15) is 5.10 Å². The van der Waals surface area contributed by atoms with E-state index in [4.69, 9.17) is 9.84 Å². The zero-order valence-electron chi connectivity index (χ0n) is 12.6. The van der Waals surface area contributed by atoms with Gasteiger partial charge >= 0.3 is 5.97 Å². The van der Waals surface area contributed by atoms with Crippen molar-refractivity contribution in [2.24, 2.45) is 0 Å². The number of rotatable bonds is 6. The second-order valence-corrected chi connectivity index (χ2v) is 5.10. The maximum atomic E-state index is 10.5. The molecule has 2 rings (SSSR count). The fourth-order valence-corrected chi connectivity index (χ4v) is 2.47. The number of ether oxygens (including phenoxy) is 1. The Morgan fingerprint density at radius 2 is 1.90 bits per heavy atom. The molecule has 0 bridgehead atoms. The van der Waals surface area contributed by atoms with E-state index in [0.717, 1.165) is 50.2 Å². The first-order valence-corrected chi connectivity index (χ1v) is 7.44. The molecule has 21 heavy (non-hydrogen) atoms. The third kappa shape index (κ3) is 4.10. The summed E-state index contributed by atoms with van der Waals surface area (Å²) in [5.41, 5.74) is 1.97. The smallest absolute Gasteiger partial charge is 0.329 e. The quantitative estimate of drug-likeness (QED) is 0.839. The number of hydrogen-bond acceptors (Lipinski definition) is 6. The van der Waals surface area contributed by atoms with Crippen molar-refractivity contribution in [2.75, 3.05) is 24.6 Å². The molecule has 1 aromatic heterocycles. The highest BCUT2D eigenvalue weighted by Crippen LogP contribution is 2.18. The monoisotopic (exact) mass is 294 g/mol. The van der Waals surface area contributed by atoms with Gasteiger partial charge in [0.05, 0.1) is 17.5 Å². The Morgan fingerprint density at radius 1 is 1.24 bits per heavy atom. The predicted molar refractivity (Wildman–Crippen MR) is 77.4 cm³/mol. The van der Waals surface area contributed by atoms with Crippen LogP contribution in [-0.2, 0) is 22.4 Å². The Morgan fingerprint density at radius 3 is 2.48 bits per heavy atom. The van der Waals surface area contributed by atoms with Gasteiger partial charge in [-0.3, -0.25) is 0 Å². The zero-order valence-corrected chi connectivity index (χ0v) is 12.6. The van der Waals surface area contributed by atoms with Gasteiger partial charge in [0.2, 0.25) is 5.95 Å². The van der Waals surface area contributed by atoms with Crippen molar-refractivity contribution in [1.82, 2.24) is 15.2 Å². The first kappa shape index (κ1) is 15.6. The highest BCUT2D eigenvalue weighted by atomic mass is 16.5. The van der Waals surface area contributed by atoms with Crippen LogP contribution < -0.4 is 4.90 Å². The normalized spacial score (nSPS) is 16.2. The standard InChI is InChI=1S/C14H22N4O3/c1-3-11-12(4-2)16-17-14(15-11)18-7-5-10(6-8-18)21-9-13(19)20/h10H,3-9H2,1-2H3,(H,19,20). The van der Waals surface area contributed by atoms with Gasteiger partial charge in [-0.25, -0.2) is 9.78 Å².